The van der Waals surface area contributed by atoms with Crippen LogP contribution in [0.2, 0.25) is 5.02 Å². The van der Waals surface area contributed by atoms with Gasteiger partial charge in [-0.1, -0.05) is 30.7 Å². The molecule has 0 aliphatic heterocycles. The van der Waals surface area contributed by atoms with Crippen LogP contribution in [0.15, 0.2) is 30.5 Å². The summed E-state index contributed by atoms with van der Waals surface area (Å²) in [7, 11) is 0. The molecule has 0 spiro atoms. The lowest BCUT2D eigenvalue weighted by Crippen LogP contribution is -2.45. The molecule has 4 heteroatoms. The molecule has 2 aromatic rings. The largest absolute Gasteiger partial charge is 0.349 e. The van der Waals surface area contributed by atoms with Crippen LogP contribution in [0.4, 0.5) is 0 Å². The van der Waals surface area contributed by atoms with E-state index in [0.29, 0.717) is 5.02 Å². The van der Waals surface area contributed by atoms with Gasteiger partial charge in [0, 0.05) is 17.1 Å². The first-order chi connectivity index (χ1) is 9.35. The van der Waals surface area contributed by atoms with E-state index in [1.165, 1.54) is 0 Å². The van der Waals surface area contributed by atoms with Crippen molar-refractivity contribution in [3.8, 4) is 0 Å². The molecule has 1 atom stereocenters. The molecule has 0 saturated heterocycles. The molecular weight excluding hydrogens is 272 g/mol. The molecule has 0 saturated carbocycles. The number of para-hydroxylation sites is 1. The van der Waals surface area contributed by atoms with Gasteiger partial charge in [0.2, 0.25) is 5.91 Å². The highest BCUT2D eigenvalue weighted by Crippen LogP contribution is 2.27. The number of rotatable bonds is 4. The van der Waals surface area contributed by atoms with Crippen molar-refractivity contribution in [2.75, 3.05) is 0 Å². The second-order valence-corrected chi connectivity index (χ2v) is 6.21. The Kier molecular flexibility index (Phi) is 4.09. The highest BCUT2D eigenvalue weighted by molar-refractivity contribution is 6.35. The molecule has 2 rings (SSSR count). The van der Waals surface area contributed by atoms with Gasteiger partial charge in [-0.3, -0.25) is 4.79 Å². The van der Waals surface area contributed by atoms with Crippen molar-refractivity contribution >= 4 is 28.4 Å². The summed E-state index contributed by atoms with van der Waals surface area (Å²) < 4.78 is 1.93. The molecular formula is C16H21ClN2O. The SMILES string of the molecule is CCC(C)(C)NC(=O)C(C)n1ccc2cccc(Cl)c21. The van der Waals surface area contributed by atoms with E-state index < -0.39 is 0 Å². The normalized spacial score (nSPS) is 13.4. The molecule has 1 unspecified atom stereocenters. The molecule has 1 N–H and O–H groups in total. The predicted octanol–water partition coefficient (Wildman–Crippen LogP) is 4.16. The number of benzene rings is 1. The van der Waals surface area contributed by atoms with Crippen LogP contribution in [0.25, 0.3) is 10.9 Å². The van der Waals surface area contributed by atoms with Crippen LogP contribution >= 0.6 is 11.6 Å². The minimum atomic E-state index is -0.293. The Morgan fingerprint density at radius 1 is 1.40 bits per heavy atom. The topological polar surface area (TPSA) is 34.0 Å². The maximum Gasteiger partial charge on any atom is 0.243 e. The summed E-state index contributed by atoms with van der Waals surface area (Å²) in [6.07, 6.45) is 2.80. The van der Waals surface area contributed by atoms with Crippen molar-refractivity contribution in [3.63, 3.8) is 0 Å². The second kappa shape index (κ2) is 5.49. The Balaban J connectivity index is 2.32. The van der Waals surface area contributed by atoms with Crippen LogP contribution in [-0.2, 0) is 4.79 Å². The smallest absolute Gasteiger partial charge is 0.243 e. The Labute approximate surface area is 124 Å². The van der Waals surface area contributed by atoms with E-state index >= 15 is 0 Å². The van der Waals surface area contributed by atoms with E-state index in [1.54, 1.807) is 0 Å². The van der Waals surface area contributed by atoms with Crippen LogP contribution in [0.5, 0.6) is 0 Å². The van der Waals surface area contributed by atoms with E-state index in [-0.39, 0.29) is 17.5 Å². The zero-order valence-corrected chi connectivity index (χ0v) is 13.2. The second-order valence-electron chi connectivity index (χ2n) is 5.80. The van der Waals surface area contributed by atoms with Crippen molar-refractivity contribution in [2.24, 2.45) is 0 Å². The summed E-state index contributed by atoms with van der Waals surface area (Å²) in [6.45, 7) is 8.01. The van der Waals surface area contributed by atoms with Crippen molar-refractivity contribution in [2.45, 2.75) is 45.7 Å². The van der Waals surface area contributed by atoms with Gasteiger partial charge in [-0.05, 0) is 39.3 Å². The number of fused-ring (bicyclic) bond motifs is 1. The van der Waals surface area contributed by atoms with Gasteiger partial charge in [0.05, 0.1) is 10.5 Å². The lowest BCUT2D eigenvalue weighted by Gasteiger charge is -2.27. The maximum atomic E-state index is 12.4. The van der Waals surface area contributed by atoms with Gasteiger partial charge >= 0.3 is 0 Å². The van der Waals surface area contributed by atoms with Crippen LogP contribution in [-0.4, -0.2) is 16.0 Å². The Morgan fingerprint density at radius 2 is 2.10 bits per heavy atom. The van der Waals surface area contributed by atoms with Crippen molar-refractivity contribution in [3.05, 3.63) is 35.5 Å². The number of nitrogens with one attached hydrogen (secondary N) is 1. The molecule has 0 aliphatic rings. The molecule has 1 aromatic carbocycles. The maximum absolute atomic E-state index is 12.4. The van der Waals surface area contributed by atoms with Gasteiger partial charge in [0.15, 0.2) is 0 Å². The van der Waals surface area contributed by atoms with Crippen molar-refractivity contribution in [1.82, 2.24) is 9.88 Å². The van der Waals surface area contributed by atoms with Gasteiger partial charge < -0.3 is 9.88 Å². The number of nitrogens with zero attached hydrogens (tertiary/aromatic N) is 1. The zero-order chi connectivity index (χ0) is 14.9. The number of carbonyl (C=O) groups is 1. The van der Waals surface area contributed by atoms with E-state index in [9.17, 15) is 4.79 Å². The Morgan fingerprint density at radius 3 is 2.75 bits per heavy atom. The first-order valence-corrected chi connectivity index (χ1v) is 7.30. The van der Waals surface area contributed by atoms with Crippen LogP contribution < -0.4 is 5.32 Å². The van der Waals surface area contributed by atoms with Gasteiger partial charge in [-0.25, -0.2) is 0 Å². The summed E-state index contributed by atoms with van der Waals surface area (Å²) in [6, 6.07) is 7.45. The fourth-order valence-electron chi connectivity index (χ4n) is 2.15. The average molecular weight is 293 g/mol. The van der Waals surface area contributed by atoms with Crippen LogP contribution in [0, 0.1) is 0 Å². The molecule has 1 amide bonds. The highest BCUT2D eigenvalue weighted by atomic mass is 35.5. The zero-order valence-electron chi connectivity index (χ0n) is 12.4. The quantitative estimate of drug-likeness (QED) is 0.902. The minimum Gasteiger partial charge on any atom is -0.349 e. The highest BCUT2D eigenvalue weighted by Gasteiger charge is 2.23. The molecule has 1 aromatic heterocycles. The number of carbonyl (C=O) groups excluding carboxylic acids is 1. The molecule has 3 nitrogen and oxygen atoms in total. The summed E-state index contributed by atoms with van der Waals surface area (Å²) in [4.78, 5) is 12.4. The molecule has 0 radical (unpaired) electrons. The van der Waals surface area contributed by atoms with E-state index in [4.69, 9.17) is 11.6 Å². The molecule has 108 valence electrons. The number of halogens is 1. The number of hydrogen-bond donors (Lipinski definition) is 1. The fourth-order valence-corrected chi connectivity index (χ4v) is 2.43. The summed E-state index contributed by atoms with van der Waals surface area (Å²) in [5.74, 6) is 0.00858. The van der Waals surface area contributed by atoms with Crippen LogP contribution in [0.3, 0.4) is 0 Å². The van der Waals surface area contributed by atoms with Gasteiger partial charge in [-0.2, -0.15) is 0 Å². The number of aromatic nitrogens is 1. The standard InChI is InChI=1S/C16H21ClN2O/c1-5-16(3,4)18-15(20)11(2)19-10-9-12-7-6-8-13(17)14(12)19/h6-11H,5H2,1-4H3,(H,18,20). The summed E-state index contributed by atoms with van der Waals surface area (Å²) >= 11 is 6.26. The Hall–Kier alpha value is -1.48. The molecule has 1 heterocycles. The third kappa shape index (κ3) is 2.83. The van der Waals surface area contributed by atoms with Gasteiger partial charge in [-0.15, -0.1) is 0 Å². The van der Waals surface area contributed by atoms with E-state index in [2.05, 4.69) is 12.2 Å². The van der Waals surface area contributed by atoms with Crippen LogP contribution in [0.1, 0.15) is 40.2 Å². The number of amides is 1. The minimum absolute atomic E-state index is 0.00858. The van der Waals surface area contributed by atoms with E-state index in [1.807, 2.05) is 55.8 Å². The van der Waals surface area contributed by atoms with Crippen molar-refractivity contribution in [1.29, 1.82) is 0 Å². The molecule has 0 fully saturated rings. The lowest BCUT2D eigenvalue weighted by molar-refractivity contribution is -0.125. The van der Waals surface area contributed by atoms with E-state index in [0.717, 1.165) is 17.3 Å². The summed E-state index contributed by atoms with van der Waals surface area (Å²) in [5.41, 5.74) is 0.712. The number of hydrogen-bond acceptors (Lipinski definition) is 1. The third-order valence-corrected chi connectivity index (χ3v) is 4.14. The third-order valence-electron chi connectivity index (χ3n) is 3.83. The molecule has 20 heavy (non-hydrogen) atoms. The van der Waals surface area contributed by atoms with Gasteiger partial charge in [0.25, 0.3) is 0 Å². The monoisotopic (exact) mass is 292 g/mol. The predicted molar refractivity (Wildman–Crippen MR) is 84.2 cm³/mol. The first-order valence-electron chi connectivity index (χ1n) is 6.93. The average Bonchev–Trinajstić information content (AvgIpc) is 2.82. The Bertz CT molecular complexity index is 630. The first kappa shape index (κ1) is 14.9. The van der Waals surface area contributed by atoms with Crippen molar-refractivity contribution < 1.29 is 4.79 Å². The fraction of sp³-hybridized carbons (Fsp3) is 0.438. The lowest BCUT2D eigenvalue weighted by atomic mass is 10.0. The molecule has 0 bridgehead atoms. The molecule has 0 aliphatic carbocycles. The summed E-state index contributed by atoms with van der Waals surface area (Å²) in [5, 5.41) is 4.79. The van der Waals surface area contributed by atoms with Gasteiger partial charge in [0.1, 0.15) is 6.04 Å².